The van der Waals surface area contributed by atoms with Gasteiger partial charge in [-0.05, 0) is 42.5 Å². The third kappa shape index (κ3) is 4.26. The molecule has 3 aromatic rings. The lowest BCUT2D eigenvalue weighted by atomic mass is 9.98. The lowest BCUT2D eigenvalue weighted by Gasteiger charge is -2.25. The van der Waals surface area contributed by atoms with E-state index in [-0.39, 0.29) is 4.90 Å². The molecule has 9 heteroatoms. The van der Waals surface area contributed by atoms with Gasteiger partial charge in [0.1, 0.15) is 11.5 Å². The fraction of sp³-hybridized carbons (Fsp3) is 0.240. The van der Waals surface area contributed by atoms with E-state index in [2.05, 4.69) is 5.10 Å². The topological polar surface area (TPSA) is 86.7 Å². The van der Waals surface area contributed by atoms with E-state index in [4.69, 9.17) is 18.9 Å². The molecule has 0 amide bonds. The molecule has 0 saturated carbocycles. The summed E-state index contributed by atoms with van der Waals surface area (Å²) in [5.74, 6) is 2.23. The monoisotopic (exact) mass is 482 g/mol. The number of ether oxygens (including phenoxy) is 4. The van der Waals surface area contributed by atoms with Gasteiger partial charge in [-0.3, -0.25) is 0 Å². The molecule has 0 radical (unpaired) electrons. The Hall–Kier alpha value is -3.72. The predicted octanol–water partition coefficient (Wildman–Crippen LogP) is 4.26. The van der Waals surface area contributed by atoms with Crippen LogP contribution in [0, 0.1) is 0 Å². The number of methoxy groups -OCH3 is 4. The Morgan fingerprint density at radius 1 is 0.794 bits per heavy atom. The molecule has 34 heavy (non-hydrogen) atoms. The van der Waals surface area contributed by atoms with Crippen LogP contribution < -0.4 is 18.9 Å². The Balaban J connectivity index is 1.84. The van der Waals surface area contributed by atoms with Crippen molar-refractivity contribution in [2.24, 2.45) is 5.10 Å². The van der Waals surface area contributed by atoms with Crippen LogP contribution in [0.25, 0.3) is 0 Å². The number of hydrogen-bond acceptors (Lipinski definition) is 7. The molecule has 8 nitrogen and oxygen atoms in total. The molecule has 1 aliphatic heterocycles. The van der Waals surface area contributed by atoms with Crippen molar-refractivity contribution >= 4 is 15.7 Å². The largest absolute Gasteiger partial charge is 0.497 e. The summed E-state index contributed by atoms with van der Waals surface area (Å²) in [6, 6.07) is 18.4. The third-order valence-corrected chi connectivity index (χ3v) is 7.37. The first-order valence-electron chi connectivity index (χ1n) is 10.5. The molecule has 178 valence electrons. The van der Waals surface area contributed by atoms with Gasteiger partial charge >= 0.3 is 0 Å². The molecular formula is C25H26N2O6S. The Labute approximate surface area is 199 Å². The summed E-state index contributed by atoms with van der Waals surface area (Å²) in [5.41, 5.74) is 2.02. The predicted molar refractivity (Wildman–Crippen MR) is 128 cm³/mol. The minimum Gasteiger partial charge on any atom is -0.497 e. The zero-order chi connectivity index (χ0) is 24.3. The minimum atomic E-state index is -3.94. The summed E-state index contributed by atoms with van der Waals surface area (Å²) >= 11 is 0. The average molecular weight is 483 g/mol. The van der Waals surface area contributed by atoms with Gasteiger partial charge in [0, 0.05) is 23.6 Å². The molecule has 0 spiro atoms. The van der Waals surface area contributed by atoms with Crippen molar-refractivity contribution in [3.8, 4) is 23.0 Å². The molecule has 1 aliphatic rings. The highest BCUT2D eigenvalue weighted by Crippen LogP contribution is 2.42. The van der Waals surface area contributed by atoms with E-state index in [0.29, 0.717) is 40.7 Å². The normalized spacial score (nSPS) is 15.6. The van der Waals surface area contributed by atoms with Gasteiger partial charge in [0.2, 0.25) is 0 Å². The molecular weight excluding hydrogens is 456 g/mol. The SMILES string of the molecule is COc1ccc([C@@H]2CC(c3ccc(OC)c(OC)c3)=NN2S(=O)(=O)c2ccccc2)c(OC)c1. The molecule has 4 rings (SSSR count). The third-order valence-electron chi connectivity index (χ3n) is 5.68. The van der Waals surface area contributed by atoms with Crippen molar-refractivity contribution in [1.82, 2.24) is 4.41 Å². The molecule has 0 N–H and O–H groups in total. The molecule has 0 aromatic heterocycles. The number of rotatable bonds is 8. The number of nitrogens with zero attached hydrogens (tertiary/aromatic N) is 2. The van der Waals surface area contributed by atoms with Crippen LogP contribution in [0.15, 0.2) is 76.7 Å². The standard InChI is InChI=1S/C25H26N2O6S/c1-30-18-11-12-20(24(15-18)32-3)22-16-21(17-10-13-23(31-2)25(14-17)33-4)26-27(22)34(28,29)19-8-6-5-7-9-19/h5-15,22H,16H2,1-4H3/t22-/m0/s1. The van der Waals surface area contributed by atoms with Crippen molar-refractivity contribution in [1.29, 1.82) is 0 Å². The van der Waals surface area contributed by atoms with E-state index in [1.54, 1.807) is 83.0 Å². The highest BCUT2D eigenvalue weighted by atomic mass is 32.2. The average Bonchev–Trinajstić information content (AvgIpc) is 3.34. The maximum Gasteiger partial charge on any atom is 0.279 e. The maximum atomic E-state index is 13.6. The van der Waals surface area contributed by atoms with E-state index >= 15 is 0 Å². The van der Waals surface area contributed by atoms with Gasteiger partial charge in [-0.1, -0.05) is 18.2 Å². The zero-order valence-electron chi connectivity index (χ0n) is 19.4. The van der Waals surface area contributed by atoms with Gasteiger partial charge in [-0.2, -0.15) is 17.9 Å². The van der Waals surface area contributed by atoms with E-state index in [1.165, 1.54) is 4.41 Å². The zero-order valence-corrected chi connectivity index (χ0v) is 20.2. The number of benzene rings is 3. The maximum absolute atomic E-state index is 13.6. The van der Waals surface area contributed by atoms with Crippen LogP contribution in [-0.4, -0.2) is 47.0 Å². The van der Waals surface area contributed by atoms with Crippen LogP contribution in [0.5, 0.6) is 23.0 Å². The second kappa shape index (κ2) is 9.64. The van der Waals surface area contributed by atoms with Crippen LogP contribution in [0.4, 0.5) is 0 Å². The molecule has 0 saturated heterocycles. The summed E-state index contributed by atoms with van der Waals surface area (Å²) in [6.07, 6.45) is 0.338. The Bertz CT molecular complexity index is 1310. The highest BCUT2D eigenvalue weighted by molar-refractivity contribution is 7.89. The van der Waals surface area contributed by atoms with Crippen molar-refractivity contribution in [2.45, 2.75) is 17.4 Å². The van der Waals surface area contributed by atoms with Gasteiger partial charge in [-0.25, -0.2) is 0 Å². The van der Waals surface area contributed by atoms with Crippen molar-refractivity contribution in [3.63, 3.8) is 0 Å². The van der Waals surface area contributed by atoms with Crippen molar-refractivity contribution in [2.75, 3.05) is 28.4 Å². The fourth-order valence-electron chi connectivity index (χ4n) is 3.93. The molecule has 0 unspecified atom stereocenters. The molecule has 3 aromatic carbocycles. The minimum absolute atomic E-state index is 0.157. The molecule has 0 bridgehead atoms. The molecule has 0 fully saturated rings. The van der Waals surface area contributed by atoms with Crippen LogP contribution in [-0.2, 0) is 10.0 Å². The first-order chi connectivity index (χ1) is 16.4. The quantitative estimate of drug-likeness (QED) is 0.477. The smallest absolute Gasteiger partial charge is 0.279 e. The van der Waals surface area contributed by atoms with Gasteiger partial charge < -0.3 is 18.9 Å². The Morgan fingerprint density at radius 3 is 2.15 bits per heavy atom. The lowest BCUT2D eigenvalue weighted by Crippen LogP contribution is -2.27. The van der Waals surface area contributed by atoms with E-state index in [1.807, 2.05) is 12.1 Å². The Kier molecular flexibility index (Phi) is 6.65. The van der Waals surface area contributed by atoms with Crippen molar-refractivity contribution < 1.29 is 27.4 Å². The van der Waals surface area contributed by atoms with Gasteiger partial charge in [-0.15, -0.1) is 0 Å². The number of sulfonamides is 1. The summed E-state index contributed by atoms with van der Waals surface area (Å²) in [6.45, 7) is 0. The van der Waals surface area contributed by atoms with Crippen LogP contribution in [0.2, 0.25) is 0 Å². The van der Waals surface area contributed by atoms with E-state index in [9.17, 15) is 8.42 Å². The lowest BCUT2D eigenvalue weighted by molar-refractivity contribution is 0.347. The molecule has 0 aliphatic carbocycles. The van der Waals surface area contributed by atoms with Gasteiger partial charge in [0.15, 0.2) is 11.5 Å². The number of hydrogen-bond donors (Lipinski definition) is 0. The number of hydrazone groups is 1. The first-order valence-corrected chi connectivity index (χ1v) is 12.0. The molecule has 1 atom stereocenters. The molecule has 1 heterocycles. The van der Waals surface area contributed by atoms with Gasteiger partial charge in [0.25, 0.3) is 10.0 Å². The van der Waals surface area contributed by atoms with Crippen LogP contribution in [0.3, 0.4) is 0 Å². The summed E-state index contributed by atoms with van der Waals surface area (Å²) in [7, 11) is 2.27. The summed E-state index contributed by atoms with van der Waals surface area (Å²) in [5, 5.41) is 4.59. The van der Waals surface area contributed by atoms with E-state index in [0.717, 1.165) is 5.56 Å². The Morgan fingerprint density at radius 2 is 1.50 bits per heavy atom. The van der Waals surface area contributed by atoms with E-state index < -0.39 is 16.1 Å². The summed E-state index contributed by atoms with van der Waals surface area (Å²) in [4.78, 5) is 0.157. The van der Waals surface area contributed by atoms with Crippen molar-refractivity contribution in [3.05, 3.63) is 77.9 Å². The summed E-state index contributed by atoms with van der Waals surface area (Å²) < 4.78 is 50.1. The fourth-order valence-corrected chi connectivity index (χ4v) is 5.37. The van der Waals surface area contributed by atoms with Gasteiger partial charge in [0.05, 0.1) is 45.1 Å². The van der Waals surface area contributed by atoms with Crippen LogP contribution in [0.1, 0.15) is 23.6 Å². The second-order valence-electron chi connectivity index (χ2n) is 7.53. The first kappa shape index (κ1) is 23.4. The highest BCUT2D eigenvalue weighted by Gasteiger charge is 2.39. The van der Waals surface area contributed by atoms with Crippen LogP contribution >= 0.6 is 0 Å². The second-order valence-corrected chi connectivity index (χ2v) is 9.33.